The van der Waals surface area contributed by atoms with Crippen LogP contribution in [0.5, 0.6) is 0 Å². The number of nitrogens with zero attached hydrogens (tertiary/aromatic N) is 4. The minimum atomic E-state index is -0.265. The molecule has 2 heterocycles. The van der Waals surface area contributed by atoms with Gasteiger partial charge in [-0.15, -0.1) is 0 Å². The Morgan fingerprint density at radius 3 is 2.90 bits per heavy atom. The van der Waals surface area contributed by atoms with Crippen LogP contribution < -0.4 is 0 Å². The Labute approximate surface area is 125 Å². The zero-order valence-electron chi connectivity index (χ0n) is 11.7. The molecule has 0 N–H and O–H groups in total. The summed E-state index contributed by atoms with van der Waals surface area (Å²) in [5.41, 5.74) is 1.86. The molecule has 0 aliphatic carbocycles. The summed E-state index contributed by atoms with van der Waals surface area (Å²) in [7, 11) is 1.93. The van der Waals surface area contributed by atoms with Crippen molar-refractivity contribution in [1.29, 1.82) is 0 Å². The second kappa shape index (κ2) is 5.69. The van der Waals surface area contributed by atoms with Gasteiger partial charge in [-0.3, -0.25) is 4.79 Å². The predicted octanol–water partition coefficient (Wildman–Crippen LogP) is 2.12. The van der Waals surface area contributed by atoms with Crippen molar-refractivity contribution in [3.05, 3.63) is 24.3 Å². The zero-order chi connectivity index (χ0) is 14.8. The predicted molar refractivity (Wildman–Crippen MR) is 80.3 cm³/mol. The highest BCUT2D eigenvalue weighted by Gasteiger charge is 2.18. The Morgan fingerprint density at radius 1 is 1.29 bits per heavy atom. The number of benzene rings is 1. The van der Waals surface area contributed by atoms with Crippen molar-refractivity contribution in [2.75, 3.05) is 12.4 Å². The quantitative estimate of drug-likeness (QED) is 0.543. The minimum Gasteiger partial charge on any atom is -0.465 e. The third-order valence-corrected chi connectivity index (χ3v) is 3.84. The maximum absolute atomic E-state index is 11.4. The molecule has 21 heavy (non-hydrogen) atoms. The molecule has 0 bridgehead atoms. The van der Waals surface area contributed by atoms with Gasteiger partial charge < -0.3 is 9.30 Å². The number of aryl methyl sites for hydroxylation is 1. The molecule has 0 saturated carbocycles. The van der Waals surface area contributed by atoms with Crippen LogP contribution in [0.15, 0.2) is 29.4 Å². The lowest BCUT2D eigenvalue weighted by molar-refractivity contribution is -0.139. The second-order valence-electron chi connectivity index (χ2n) is 4.41. The number of hydrogen-bond donors (Lipinski definition) is 0. The van der Waals surface area contributed by atoms with E-state index in [1.807, 2.05) is 35.9 Å². The molecule has 0 aromatic heterocycles. The van der Waals surface area contributed by atoms with Crippen molar-refractivity contribution in [1.82, 2.24) is 19.5 Å². The number of aromatic nitrogens is 4. The van der Waals surface area contributed by atoms with Gasteiger partial charge in [-0.1, -0.05) is 23.9 Å². The van der Waals surface area contributed by atoms with E-state index in [1.165, 1.54) is 11.8 Å². The van der Waals surface area contributed by atoms with Crippen molar-refractivity contribution in [2.24, 2.45) is 7.05 Å². The molecule has 0 unspecified atom stereocenters. The molecule has 3 rings (SSSR count). The maximum Gasteiger partial charge on any atom is 0.316 e. The van der Waals surface area contributed by atoms with Gasteiger partial charge in [-0.05, 0) is 19.1 Å². The van der Waals surface area contributed by atoms with E-state index in [1.54, 1.807) is 6.92 Å². The number of imidazole rings is 1. The van der Waals surface area contributed by atoms with Crippen LogP contribution >= 0.6 is 11.8 Å². The molecular formula is C14H14N4O2S. The third kappa shape index (κ3) is 2.69. The maximum atomic E-state index is 11.4. The first-order chi connectivity index (χ1) is 10.2. The fourth-order valence-electron chi connectivity index (χ4n) is 2.07. The number of para-hydroxylation sites is 2. The van der Waals surface area contributed by atoms with Crippen LogP contribution in [0.1, 0.15) is 6.92 Å². The Balaban J connectivity index is 1.93. The van der Waals surface area contributed by atoms with Gasteiger partial charge in [-0.2, -0.15) is 4.98 Å². The van der Waals surface area contributed by atoms with Crippen LogP contribution in [0.25, 0.3) is 22.7 Å². The van der Waals surface area contributed by atoms with E-state index in [4.69, 9.17) is 4.74 Å². The molecule has 0 saturated heterocycles. The lowest BCUT2D eigenvalue weighted by atomic mass is 10.3. The van der Waals surface area contributed by atoms with Gasteiger partial charge in [0.2, 0.25) is 0 Å². The lowest BCUT2D eigenvalue weighted by Crippen LogP contribution is -2.06. The molecule has 0 fully saturated rings. The van der Waals surface area contributed by atoms with E-state index in [-0.39, 0.29) is 11.7 Å². The van der Waals surface area contributed by atoms with Crippen LogP contribution in [-0.4, -0.2) is 37.8 Å². The average molecular weight is 302 g/mol. The molecule has 1 aromatic carbocycles. The fourth-order valence-corrected chi connectivity index (χ4v) is 2.70. The van der Waals surface area contributed by atoms with Gasteiger partial charge >= 0.3 is 5.97 Å². The van der Waals surface area contributed by atoms with Gasteiger partial charge in [0.05, 0.1) is 23.4 Å². The van der Waals surface area contributed by atoms with Gasteiger partial charge in [0, 0.05) is 7.05 Å². The first kappa shape index (κ1) is 13.8. The van der Waals surface area contributed by atoms with Gasteiger partial charge in [-0.25, -0.2) is 9.97 Å². The van der Waals surface area contributed by atoms with Crippen molar-refractivity contribution >= 4 is 28.8 Å². The summed E-state index contributed by atoms with van der Waals surface area (Å²) in [5.74, 6) is 1.23. The fraction of sp³-hybridized carbons (Fsp3) is 0.286. The number of thioether (sulfide) groups is 1. The second-order valence-corrected chi connectivity index (χ2v) is 5.35. The zero-order valence-corrected chi connectivity index (χ0v) is 12.6. The molecule has 1 aromatic rings. The molecule has 2 aliphatic rings. The summed E-state index contributed by atoms with van der Waals surface area (Å²) >= 11 is 1.26. The smallest absolute Gasteiger partial charge is 0.316 e. The number of fused-ring (bicyclic) bond motifs is 2. The van der Waals surface area contributed by atoms with Crippen LogP contribution in [-0.2, 0) is 16.6 Å². The number of rotatable bonds is 4. The Morgan fingerprint density at radius 2 is 2.10 bits per heavy atom. The molecule has 108 valence electrons. The normalized spacial score (nSPS) is 11.1. The summed E-state index contributed by atoms with van der Waals surface area (Å²) in [5, 5.41) is 0.538. The third-order valence-electron chi connectivity index (χ3n) is 3.01. The SMILES string of the molecule is CCOC(=O)CSc1nc2nc3ccccc3n(C)c-2n1. The van der Waals surface area contributed by atoms with E-state index in [9.17, 15) is 4.79 Å². The summed E-state index contributed by atoms with van der Waals surface area (Å²) in [4.78, 5) is 24.7. The van der Waals surface area contributed by atoms with Gasteiger partial charge in [0.25, 0.3) is 0 Å². The Bertz CT molecular complexity index is 771. The first-order valence-electron chi connectivity index (χ1n) is 6.56. The molecule has 0 atom stereocenters. The number of esters is 1. The van der Waals surface area contributed by atoms with E-state index >= 15 is 0 Å². The molecule has 0 radical (unpaired) electrons. The highest BCUT2D eigenvalue weighted by molar-refractivity contribution is 7.99. The Kier molecular flexibility index (Phi) is 3.74. The van der Waals surface area contributed by atoms with Crippen molar-refractivity contribution in [2.45, 2.75) is 12.1 Å². The molecule has 0 spiro atoms. The van der Waals surface area contributed by atoms with Crippen LogP contribution in [0.4, 0.5) is 0 Å². The topological polar surface area (TPSA) is 69.9 Å². The monoisotopic (exact) mass is 302 g/mol. The summed E-state index contributed by atoms with van der Waals surface area (Å²) < 4.78 is 6.85. The Hall–Kier alpha value is -2.15. The van der Waals surface area contributed by atoms with Crippen LogP contribution in [0, 0.1) is 0 Å². The molecular weight excluding hydrogens is 288 g/mol. The van der Waals surface area contributed by atoms with Gasteiger partial charge in [0.1, 0.15) is 0 Å². The molecule has 7 heteroatoms. The number of hydrogen-bond acceptors (Lipinski definition) is 6. The van der Waals surface area contributed by atoms with Crippen molar-refractivity contribution < 1.29 is 9.53 Å². The molecule has 6 nitrogen and oxygen atoms in total. The molecule has 0 amide bonds. The van der Waals surface area contributed by atoms with Crippen LogP contribution in [0.3, 0.4) is 0 Å². The largest absolute Gasteiger partial charge is 0.465 e. The van der Waals surface area contributed by atoms with Crippen molar-refractivity contribution in [3.8, 4) is 11.6 Å². The first-order valence-corrected chi connectivity index (χ1v) is 7.55. The standard InChI is InChI=1S/C14H14N4O2S/c1-3-20-11(19)8-21-14-16-12-13(17-14)18(2)10-7-5-4-6-9(10)15-12/h4-7H,3,8H2,1-2H3. The summed E-state index contributed by atoms with van der Waals surface area (Å²) in [6, 6.07) is 7.83. The summed E-state index contributed by atoms with van der Waals surface area (Å²) in [6.07, 6.45) is 0. The average Bonchev–Trinajstić information content (AvgIpc) is 2.89. The van der Waals surface area contributed by atoms with Gasteiger partial charge in [0.15, 0.2) is 16.8 Å². The highest BCUT2D eigenvalue weighted by atomic mass is 32.2. The van der Waals surface area contributed by atoms with E-state index in [0.29, 0.717) is 23.4 Å². The number of ether oxygens (including phenoxy) is 1. The number of carbonyl (C=O) groups is 1. The van der Waals surface area contributed by atoms with Crippen molar-refractivity contribution in [3.63, 3.8) is 0 Å². The number of carbonyl (C=O) groups excluding carboxylic acids is 1. The van der Waals surface area contributed by atoms with E-state index in [0.717, 1.165) is 11.0 Å². The highest BCUT2D eigenvalue weighted by Crippen LogP contribution is 2.25. The van der Waals surface area contributed by atoms with Crippen LogP contribution in [0.2, 0.25) is 0 Å². The minimum absolute atomic E-state index is 0.202. The lowest BCUT2D eigenvalue weighted by Gasteiger charge is -2.08. The molecule has 2 aliphatic heterocycles. The summed E-state index contributed by atoms with van der Waals surface area (Å²) in [6.45, 7) is 2.16. The van der Waals surface area contributed by atoms with E-state index < -0.39 is 0 Å². The van der Waals surface area contributed by atoms with E-state index in [2.05, 4.69) is 15.0 Å².